The van der Waals surface area contributed by atoms with Gasteiger partial charge in [0, 0.05) is 31.2 Å². The van der Waals surface area contributed by atoms with Crippen LogP contribution in [0.15, 0.2) is 18.2 Å². The van der Waals surface area contributed by atoms with E-state index < -0.39 is 0 Å². The fourth-order valence-electron chi connectivity index (χ4n) is 3.04. The SMILES string of the molecule is Cc1cc(C(=O)N2CC[C@H]3CNC[C@H]32)ccc1F. The minimum atomic E-state index is -0.256. The zero-order valence-electron chi connectivity index (χ0n) is 10.4. The number of likely N-dealkylation sites (tertiary alicyclic amines) is 1. The Kier molecular flexibility index (Phi) is 2.82. The van der Waals surface area contributed by atoms with Crippen molar-refractivity contribution in [3.8, 4) is 0 Å². The van der Waals surface area contributed by atoms with Gasteiger partial charge in [0.25, 0.3) is 5.91 Å². The molecule has 0 aliphatic carbocycles. The second kappa shape index (κ2) is 4.35. The molecule has 0 aromatic heterocycles. The molecule has 2 aliphatic rings. The van der Waals surface area contributed by atoms with E-state index >= 15 is 0 Å². The number of hydrogen-bond donors (Lipinski definition) is 1. The molecule has 2 fully saturated rings. The third-order valence-electron chi connectivity index (χ3n) is 4.11. The summed E-state index contributed by atoms with van der Waals surface area (Å²) in [4.78, 5) is 14.4. The minimum absolute atomic E-state index is 0.0364. The number of benzene rings is 1. The standard InChI is InChI=1S/C14H17FN2O/c1-9-6-10(2-3-12(9)15)14(18)17-5-4-11-7-16-8-13(11)17/h2-3,6,11,13,16H,4-5,7-8H2,1H3/t11-,13+/m0/s1. The van der Waals surface area contributed by atoms with Gasteiger partial charge in [0.2, 0.25) is 0 Å². The second-order valence-corrected chi connectivity index (χ2v) is 5.24. The van der Waals surface area contributed by atoms with Gasteiger partial charge >= 0.3 is 0 Å². The van der Waals surface area contributed by atoms with E-state index in [9.17, 15) is 9.18 Å². The van der Waals surface area contributed by atoms with Crippen molar-refractivity contribution in [2.45, 2.75) is 19.4 Å². The first-order chi connectivity index (χ1) is 8.66. The molecule has 0 bridgehead atoms. The number of amides is 1. The summed E-state index contributed by atoms with van der Waals surface area (Å²) in [6, 6.07) is 4.93. The number of aryl methyl sites for hydroxylation is 1. The average Bonchev–Trinajstić information content (AvgIpc) is 2.93. The molecule has 4 heteroatoms. The molecule has 1 N–H and O–H groups in total. The summed E-state index contributed by atoms with van der Waals surface area (Å²) < 4.78 is 13.2. The molecular weight excluding hydrogens is 231 g/mol. The van der Waals surface area contributed by atoms with Gasteiger partial charge in [-0.05, 0) is 43.0 Å². The lowest BCUT2D eigenvalue weighted by Gasteiger charge is -2.23. The Bertz CT molecular complexity index is 489. The van der Waals surface area contributed by atoms with E-state index in [1.807, 2.05) is 4.90 Å². The smallest absolute Gasteiger partial charge is 0.254 e. The quantitative estimate of drug-likeness (QED) is 0.818. The molecule has 1 amide bonds. The highest BCUT2D eigenvalue weighted by atomic mass is 19.1. The molecule has 2 saturated heterocycles. The van der Waals surface area contributed by atoms with Crippen molar-refractivity contribution in [2.75, 3.05) is 19.6 Å². The van der Waals surface area contributed by atoms with Crippen LogP contribution in [0.4, 0.5) is 4.39 Å². The van der Waals surface area contributed by atoms with E-state index in [0.717, 1.165) is 26.1 Å². The second-order valence-electron chi connectivity index (χ2n) is 5.24. The first-order valence-electron chi connectivity index (χ1n) is 6.44. The van der Waals surface area contributed by atoms with Crippen molar-refractivity contribution in [1.29, 1.82) is 0 Å². The van der Waals surface area contributed by atoms with Crippen LogP contribution in [0, 0.1) is 18.7 Å². The predicted molar refractivity (Wildman–Crippen MR) is 66.9 cm³/mol. The van der Waals surface area contributed by atoms with Crippen molar-refractivity contribution in [1.82, 2.24) is 10.2 Å². The Labute approximate surface area is 106 Å². The molecule has 0 spiro atoms. The summed E-state index contributed by atoms with van der Waals surface area (Å²) in [6.07, 6.45) is 1.07. The van der Waals surface area contributed by atoms with E-state index in [1.54, 1.807) is 19.1 Å². The number of fused-ring (bicyclic) bond motifs is 1. The highest BCUT2D eigenvalue weighted by Crippen LogP contribution is 2.28. The van der Waals surface area contributed by atoms with E-state index in [-0.39, 0.29) is 11.7 Å². The molecule has 1 aromatic carbocycles. The van der Waals surface area contributed by atoms with Gasteiger partial charge in [-0.1, -0.05) is 0 Å². The predicted octanol–water partition coefficient (Wildman–Crippen LogP) is 1.57. The van der Waals surface area contributed by atoms with E-state index in [2.05, 4.69) is 5.32 Å². The number of hydrogen-bond acceptors (Lipinski definition) is 2. The lowest BCUT2D eigenvalue weighted by Crippen LogP contribution is -2.39. The number of rotatable bonds is 1. The molecule has 0 unspecified atom stereocenters. The van der Waals surface area contributed by atoms with Crippen LogP contribution in [0.25, 0.3) is 0 Å². The molecule has 3 nitrogen and oxygen atoms in total. The van der Waals surface area contributed by atoms with Crippen LogP contribution in [0.1, 0.15) is 22.3 Å². The first kappa shape index (κ1) is 11.7. The summed E-state index contributed by atoms with van der Waals surface area (Å²) in [5.41, 5.74) is 1.13. The third kappa shape index (κ3) is 1.81. The summed E-state index contributed by atoms with van der Waals surface area (Å²) in [6.45, 7) is 4.41. The van der Waals surface area contributed by atoms with Crippen molar-refractivity contribution in [3.05, 3.63) is 35.1 Å². The molecule has 0 saturated carbocycles. The normalized spacial score (nSPS) is 26.4. The number of nitrogens with one attached hydrogen (secondary N) is 1. The van der Waals surface area contributed by atoms with Crippen LogP contribution in [-0.2, 0) is 0 Å². The van der Waals surface area contributed by atoms with Gasteiger partial charge in [-0.15, -0.1) is 0 Å². The van der Waals surface area contributed by atoms with E-state index in [0.29, 0.717) is 23.1 Å². The number of carbonyl (C=O) groups excluding carboxylic acids is 1. The summed E-state index contributed by atoms with van der Waals surface area (Å²) in [5, 5.41) is 3.33. The van der Waals surface area contributed by atoms with Crippen LogP contribution in [0.3, 0.4) is 0 Å². The van der Waals surface area contributed by atoms with E-state index in [1.165, 1.54) is 6.07 Å². The van der Waals surface area contributed by atoms with Crippen LogP contribution < -0.4 is 5.32 Å². The Morgan fingerprint density at radius 1 is 1.44 bits per heavy atom. The number of halogens is 1. The average molecular weight is 248 g/mol. The zero-order chi connectivity index (χ0) is 12.7. The Balaban J connectivity index is 1.84. The topological polar surface area (TPSA) is 32.3 Å². The Morgan fingerprint density at radius 3 is 3.06 bits per heavy atom. The summed E-state index contributed by atoms with van der Waals surface area (Å²) in [7, 11) is 0. The Morgan fingerprint density at radius 2 is 2.28 bits per heavy atom. The highest BCUT2D eigenvalue weighted by molar-refractivity contribution is 5.94. The largest absolute Gasteiger partial charge is 0.334 e. The fourth-order valence-corrected chi connectivity index (χ4v) is 3.04. The molecule has 3 rings (SSSR count). The number of carbonyl (C=O) groups is 1. The molecule has 18 heavy (non-hydrogen) atoms. The lowest BCUT2D eigenvalue weighted by atomic mass is 10.0. The van der Waals surface area contributed by atoms with Crippen LogP contribution >= 0.6 is 0 Å². The molecule has 2 heterocycles. The summed E-state index contributed by atoms with van der Waals surface area (Å²) >= 11 is 0. The zero-order valence-corrected chi connectivity index (χ0v) is 10.4. The Hall–Kier alpha value is -1.42. The number of nitrogens with zero attached hydrogens (tertiary/aromatic N) is 1. The van der Waals surface area contributed by atoms with E-state index in [4.69, 9.17) is 0 Å². The molecule has 2 atom stereocenters. The maximum Gasteiger partial charge on any atom is 0.254 e. The van der Waals surface area contributed by atoms with Crippen molar-refractivity contribution < 1.29 is 9.18 Å². The van der Waals surface area contributed by atoms with Gasteiger partial charge in [0.1, 0.15) is 5.82 Å². The minimum Gasteiger partial charge on any atom is -0.334 e. The maximum absolute atomic E-state index is 13.2. The van der Waals surface area contributed by atoms with Gasteiger partial charge in [-0.25, -0.2) is 4.39 Å². The van der Waals surface area contributed by atoms with Gasteiger partial charge in [-0.3, -0.25) is 4.79 Å². The van der Waals surface area contributed by atoms with Gasteiger partial charge in [0.05, 0.1) is 0 Å². The van der Waals surface area contributed by atoms with Crippen LogP contribution in [-0.4, -0.2) is 36.5 Å². The lowest BCUT2D eigenvalue weighted by molar-refractivity contribution is 0.0737. The molecule has 0 radical (unpaired) electrons. The monoisotopic (exact) mass is 248 g/mol. The van der Waals surface area contributed by atoms with Gasteiger partial charge in [0.15, 0.2) is 0 Å². The van der Waals surface area contributed by atoms with Crippen LogP contribution in [0.5, 0.6) is 0 Å². The molecule has 96 valence electrons. The molecule has 1 aromatic rings. The van der Waals surface area contributed by atoms with Crippen molar-refractivity contribution in [2.24, 2.45) is 5.92 Å². The molecular formula is C14H17FN2O. The van der Waals surface area contributed by atoms with Gasteiger partial charge < -0.3 is 10.2 Å². The van der Waals surface area contributed by atoms with Crippen LogP contribution in [0.2, 0.25) is 0 Å². The first-order valence-corrected chi connectivity index (χ1v) is 6.44. The third-order valence-corrected chi connectivity index (χ3v) is 4.11. The van der Waals surface area contributed by atoms with Crippen molar-refractivity contribution in [3.63, 3.8) is 0 Å². The van der Waals surface area contributed by atoms with Crippen molar-refractivity contribution >= 4 is 5.91 Å². The highest BCUT2D eigenvalue weighted by Gasteiger charge is 2.40. The summed E-state index contributed by atoms with van der Waals surface area (Å²) in [5.74, 6) is 0.373. The fraction of sp³-hybridized carbons (Fsp3) is 0.500. The molecule has 2 aliphatic heterocycles. The van der Waals surface area contributed by atoms with Gasteiger partial charge in [-0.2, -0.15) is 0 Å². The maximum atomic E-state index is 13.2.